The molecule has 0 fully saturated rings. The lowest BCUT2D eigenvalue weighted by Gasteiger charge is -2.17. The van der Waals surface area contributed by atoms with Gasteiger partial charge in [-0.1, -0.05) is 39.0 Å². The summed E-state index contributed by atoms with van der Waals surface area (Å²) in [6.07, 6.45) is 0. The maximum Gasteiger partial charge on any atom is 0.347 e. The van der Waals surface area contributed by atoms with E-state index in [1.807, 2.05) is 20.8 Å². The number of carbonyl (C=O) groups is 2. The van der Waals surface area contributed by atoms with Crippen molar-refractivity contribution in [2.75, 3.05) is 10.6 Å². The summed E-state index contributed by atoms with van der Waals surface area (Å²) in [5.41, 5.74) is 1.70. The van der Waals surface area contributed by atoms with E-state index < -0.39 is 11.0 Å². The molecule has 2 amide bonds. The number of anilines is 2. The Hall–Kier alpha value is -4.26. The van der Waals surface area contributed by atoms with Crippen molar-refractivity contribution in [3.8, 4) is 11.5 Å². The summed E-state index contributed by atoms with van der Waals surface area (Å²) >= 11 is 0. The average Bonchev–Trinajstić information content (AvgIpc) is 2.79. The minimum absolute atomic E-state index is 0.106. The zero-order valence-corrected chi connectivity index (χ0v) is 18.5. The molecule has 0 bridgehead atoms. The monoisotopic (exact) mass is 441 g/mol. The lowest BCUT2D eigenvalue weighted by molar-refractivity contribution is -0.123. The van der Waals surface area contributed by atoms with Gasteiger partial charge in [-0.2, -0.15) is 0 Å². The zero-order chi connectivity index (χ0) is 23.6. The van der Waals surface area contributed by atoms with E-state index in [2.05, 4.69) is 15.6 Å². The smallest absolute Gasteiger partial charge is 0.347 e. The van der Waals surface area contributed by atoms with E-state index in [4.69, 9.17) is 4.42 Å². The Labute approximate surface area is 190 Å². The van der Waals surface area contributed by atoms with Gasteiger partial charge in [-0.25, -0.2) is 9.78 Å². The predicted molar refractivity (Wildman–Crippen MR) is 128 cm³/mol. The highest BCUT2D eigenvalue weighted by Gasteiger charge is 2.21. The fourth-order valence-electron chi connectivity index (χ4n) is 3.10. The first-order valence-electron chi connectivity index (χ1n) is 10.4. The first-order chi connectivity index (χ1) is 15.7. The van der Waals surface area contributed by atoms with Crippen LogP contribution in [0, 0.1) is 5.41 Å². The summed E-state index contributed by atoms with van der Waals surface area (Å²) in [5.74, 6) is -0.243. The summed E-state index contributed by atoms with van der Waals surface area (Å²) in [6, 6.07) is 20.5. The van der Waals surface area contributed by atoms with Gasteiger partial charge in [-0.3, -0.25) is 9.59 Å². The molecule has 7 nitrogen and oxygen atoms in total. The molecular formula is C26H23N3O4. The van der Waals surface area contributed by atoms with Crippen LogP contribution in [0.1, 0.15) is 31.1 Å². The third kappa shape index (κ3) is 4.98. The molecule has 1 heterocycles. The predicted octanol–water partition coefficient (Wildman–Crippen LogP) is 5.09. The highest BCUT2D eigenvalue weighted by atomic mass is 16.4. The number of hydrogen-bond acceptors (Lipinski definition) is 5. The molecule has 0 aliphatic heterocycles. The summed E-state index contributed by atoms with van der Waals surface area (Å²) in [6.45, 7) is 5.49. The van der Waals surface area contributed by atoms with Crippen molar-refractivity contribution in [1.29, 1.82) is 0 Å². The molecule has 0 radical (unpaired) electrons. The maximum atomic E-state index is 12.7. The van der Waals surface area contributed by atoms with Gasteiger partial charge in [0.2, 0.25) is 11.8 Å². The first-order valence-corrected chi connectivity index (χ1v) is 10.4. The summed E-state index contributed by atoms with van der Waals surface area (Å²) in [4.78, 5) is 41.5. The first kappa shape index (κ1) is 22.0. The number of para-hydroxylation sites is 1. The molecule has 4 aromatic rings. The highest BCUT2D eigenvalue weighted by Crippen LogP contribution is 2.23. The summed E-state index contributed by atoms with van der Waals surface area (Å²) in [7, 11) is 0. The lowest BCUT2D eigenvalue weighted by Crippen LogP contribution is -2.27. The fourth-order valence-corrected chi connectivity index (χ4v) is 3.10. The quantitative estimate of drug-likeness (QED) is 0.459. The zero-order valence-electron chi connectivity index (χ0n) is 18.5. The van der Waals surface area contributed by atoms with Gasteiger partial charge in [0.15, 0.2) is 0 Å². The number of rotatable bonds is 4. The van der Waals surface area contributed by atoms with E-state index >= 15 is 0 Å². The molecule has 7 heteroatoms. The van der Waals surface area contributed by atoms with Crippen molar-refractivity contribution in [2.45, 2.75) is 20.8 Å². The second kappa shape index (κ2) is 8.70. The molecular weight excluding hydrogens is 418 g/mol. The molecule has 0 atom stereocenters. The van der Waals surface area contributed by atoms with E-state index in [1.54, 1.807) is 72.8 Å². The number of fused-ring (bicyclic) bond motifs is 1. The van der Waals surface area contributed by atoms with Crippen LogP contribution in [0.25, 0.3) is 22.4 Å². The Balaban J connectivity index is 1.51. The van der Waals surface area contributed by atoms with Crippen LogP contribution in [-0.4, -0.2) is 16.8 Å². The number of benzene rings is 3. The summed E-state index contributed by atoms with van der Waals surface area (Å²) < 4.78 is 5.38. The molecule has 0 unspecified atom stereocenters. The number of aromatic nitrogens is 1. The van der Waals surface area contributed by atoms with Crippen LogP contribution in [0.3, 0.4) is 0 Å². The van der Waals surface area contributed by atoms with Crippen LogP contribution in [0.2, 0.25) is 0 Å². The van der Waals surface area contributed by atoms with E-state index in [1.165, 1.54) is 0 Å². The Bertz CT molecular complexity index is 1400. The molecule has 3 aromatic carbocycles. The van der Waals surface area contributed by atoms with E-state index in [0.717, 1.165) is 0 Å². The lowest BCUT2D eigenvalue weighted by atomic mass is 9.95. The van der Waals surface area contributed by atoms with Crippen LogP contribution in [-0.2, 0) is 4.79 Å². The van der Waals surface area contributed by atoms with Gasteiger partial charge in [0.05, 0.1) is 10.9 Å². The molecule has 1 aromatic heterocycles. The fraction of sp³-hybridized carbons (Fsp3) is 0.154. The van der Waals surface area contributed by atoms with E-state index in [9.17, 15) is 14.4 Å². The number of nitrogens with one attached hydrogen (secondary N) is 2. The van der Waals surface area contributed by atoms with Crippen LogP contribution >= 0.6 is 0 Å². The van der Waals surface area contributed by atoms with Gasteiger partial charge in [0, 0.05) is 27.9 Å². The van der Waals surface area contributed by atoms with Gasteiger partial charge in [0.1, 0.15) is 0 Å². The molecule has 4 rings (SSSR count). The standard InChI is InChI=1S/C26H23N3O4/c1-26(2,3)25(32)28-18-13-11-16(12-14-18)22(30)27-19-8-6-7-17(15-19)23-29-21-10-5-4-9-20(21)24(31)33-23/h4-15H,1-3H3,(H,27,30)(H,28,32). The molecule has 0 saturated heterocycles. The topological polar surface area (TPSA) is 101 Å². The van der Waals surface area contributed by atoms with Crippen molar-refractivity contribution in [1.82, 2.24) is 4.98 Å². The minimum atomic E-state index is -0.514. The molecule has 2 N–H and O–H groups in total. The average molecular weight is 441 g/mol. The number of nitrogens with zero attached hydrogens (tertiary/aromatic N) is 1. The number of hydrogen-bond donors (Lipinski definition) is 2. The van der Waals surface area contributed by atoms with Crippen molar-refractivity contribution in [3.05, 3.63) is 88.8 Å². The van der Waals surface area contributed by atoms with Gasteiger partial charge in [-0.15, -0.1) is 0 Å². The maximum absolute atomic E-state index is 12.7. The van der Waals surface area contributed by atoms with Gasteiger partial charge in [0.25, 0.3) is 5.91 Å². The van der Waals surface area contributed by atoms with Crippen LogP contribution in [0.4, 0.5) is 11.4 Å². The SMILES string of the molecule is CC(C)(C)C(=O)Nc1ccc(C(=O)Nc2cccc(-c3nc4ccccc4c(=O)o3)c2)cc1. The van der Waals surface area contributed by atoms with Gasteiger partial charge in [-0.05, 0) is 54.6 Å². The Morgan fingerprint density at radius 2 is 1.58 bits per heavy atom. The van der Waals surface area contributed by atoms with Crippen molar-refractivity contribution in [2.24, 2.45) is 5.41 Å². The van der Waals surface area contributed by atoms with Gasteiger partial charge < -0.3 is 15.1 Å². The van der Waals surface area contributed by atoms with Crippen molar-refractivity contribution in [3.63, 3.8) is 0 Å². The molecule has 0 spiro atoms. The van der Waals surface area contributed by atoms with Crippen LogP contribution < -0.4 is 16.3 Å². The Kier molecular flexibility index (Phi) is 5.79. The molecule has 0 saturated carbocycles. The Morgan fingerprint density at radius 3 is 2.30 bits per heavy atom. The largest absolute Gasteiger partial charge is 0.403 e. The van der Waals surface area contributed by atoms with Crippen LogP contribution in [0.15, 0.2) is 82.0 Å². The third-order valence-electron chi connectivity index (χ3n) is 4.99. The highest BCUT2D eigenvalue weighted by molar-refractivity contribution is 6.05. The molecule has 0 aliphatic carbocycles. The van der Waals surface area contributed by atoms with Crippen molar-refractivity contribution >= 4 is 34.1 Å². The molecule has 0 aliphatic rings. The van der Waals surface area contributed by atoms with Crippen LogP contribution in [0.5, 0.6) is 0 Å². The molecule has 166 valence electrons. The molecule has 33 heavy (non-hydrogen) atoms. The second-order valence-corrected chi connectivity index (χ2v) is 8.64. The minimum Gasteiger partial charge on any atom is -0.403 e. The van der Waals surface area contributed by atoms with Gasteiger partial charge >= 0.3 is 5.63 Å². The van der Waals surface area contributed by atoms with E-state index in [-0.39, 0.29) is 17.7 Å². The third-order valence-corrected chi connectivity index (χ3v) is 4.99. The Morgan fingerprint density at radius 1 is 0.848 bits per heavy atom. The number of amides is 2. The van der Waals surface area contributed by atoms with E-state index in [0.29, 0.717) is 33.4 Å². The van der Waals surface area contributed by atoms with Crippen molar-refractivity contribution < 1.29 is 14.0 Å². The summed E-state index contributed by atoms with van der Waals surface area (Å²) in [5, 5.41) is 6.07. The number of carbonyl (C=O) groups excluding carboxylic acids is 2. The second-order valence-electron chi connectivity index (χ2n) is 8.64. The normalized spacial score (nSPS) is 11.2.